The van der Waals surface area contributed by atoms with E-state index in [1.165, 1.54) is 22.3 Å². The van der Waals surface area contributed by atoms with E-state index in [1.54, 1.807) is 44.6 Å². The Labute approximate surface area is 527 Å². The first-order valence-corrected chi connectivity index (χ1v) is 34.8. The van der Waals surface area contributed by atoms with E-state index in [0.717, 1.165) is 129 Å². The van der Waals surface area contributed by atoms with Gasteiger partial charge in [-0.1, -0.05) is 73.5 Å². The molecule has 0 radical (unpaired) electrons. The maximum absolute atomic E-state index is 13.3. The molecule has 470 valence electrons. The van der Waals surface area contributed by atoms with E-state index < -0.39 is 31.6 Å². The highest BCUT2D eigenvalue weighted by Gasteiger charge is 2.45. The van der Waals surface area contributed by atoms with Crippen molar-refractivity contribution in [1.82, 2.24) is 0 Å². The molecule has 2 aliphatic heterocycles. The summed E-state index contributed by atoms with van der Waals surface area (Å²) in [6, 6.07) is 23.1. The van der Waals surface area contributed by atoms with Crippen LogP contribution in [0.4, 0.5) is 5.69 Å². The Morgan fingerprint density at radius 1 is 0.678 bits per heavy atom. The molecule has 2 saturated carbocycles. The molecule has 2 heterocycles. The molecule has 10 rings (SSSR count). The van der Waals surface area contributed by atoms with E-state index >= 15 is 0 Å². The average Bonchev–Trinajstić information content (AvgIpc) is 2.13. The van der Waals surface area contributed by atoms with E-state index in [4.69, 9.17) is 52.4 Å². The third-order valence-corrected chi connectivity index (χ3v) is 22.2. The van der Waals surface area contributed by atoms with Crippen LogP contribution in [-0.2, 0) is 64.2 Å². The molecule has 2 spiro atoms. The number of nitrogens with two attached hydrogens (primary N) is 2. The summed E-state index contributed by atoms with van der Waals surface area (Å²) in [4.78, 5) is 38.9. The van der Waals surface area contributed by atoms with Crippen molar-refractivity contribution in [3.05, 3.63) is 172 Å². The quantitative estimate of drug-likeness (QED) is 0.0672. The lowest BCUT2D eigenvalue weighted by molar-refractivity contribution is -0.118. The highest BCUT2D eigenvalue weighted by molar-refractivity contribution is 7.92. The lowest BCUT2D eigenvalue weighted by Crippen LogP contribution is -2.49. The number of anilines is 1. The summed E-state index contributed by atoms with van der Waals surface area (Å²) in [6.07, 6.45) is 21.8. The number of rotatable bonds is 19. The topological polar surface area (TPSA) is 202 Å². The van der Waals surface area contributed by atoms with Crippen molar-refractivity contribution in [2.45, 2.75) is 127 Å². The monoisotopic (exact) mass is 1270 g/mol. The molecule has 14 nitrogen and oxygen atoms in total. The molecule has 4 N–H and O–H groups in total. The van der Waals surface area contributed by atoms with Gasteiger partial charge in [-0.25, -0.2) is 18.7 Å². The molecule has 2 unspecified atom stereocenters. The Balaban J connectivity index is 0.000000196. The van der Waals surface area contributed by atoms with E-state index in [2.05, 4.69) is 64.2 Å². The molecule has 4 aromatic rings. The van der Waals surface area contributed by atoms with Crippen LogP contribution in [-0.4, -0.2) is 90.8 Å². The largest absolute Gasteiger partial charge is 0.492 e. The molecule has 12 atom stereocenters. The van der Waals surface area contributed by atoms with Crippen LogP contribution in [0.3, 0.4) is 0 Å². The molecular weight excluding hydrogens is 1180 g/mol. The van der Waals surface area contributed by atoms with E-state index in [-0.39, 0.29) is 52.3 Å². The minimum atomic E-state index is -3.19. The number of benzene rings is 4. The molecule has 2 amide bonds. The molecule has 87 heavy (non-hydrogen) atoms. The standard InChI is InChI=1S/C34H44ClN3O4S.C26H31ClN2O3S.C9H14O2/c1-5-8-23(3)20-43(36,40)37-33(39)25-11-15-32-30(18-25)38(19-26-10-13-28(26)31(6-2)41-4)21-34(22-42-32)16-7-9-24-17-27(35)12-14-29(24)34;1-3-5-18(2)16-33(28,31)29-25(30)21-7-10-24-20(14-21)11-13-26(17-32-24)12-4-6-19-15-22(27)8-9-23(19)26;1-3-9(11-2)8-5-4-7(8)6-10/h5-6,11-12,14-15,17-18,23,26,28,31H,1-2,7-10,13,16,19-22H2,3-4H3,(H2,36,37,39,40);3,7-10,14-15,18H,1,4-6,11-13,16-17H2,2H3,(H2,28,29,30,31);3,6-9H,1,4-5H2,2H3/t23-,26-,28+,31-,34-,43?;18-,26-,33?;7-,8+,9-/m000/s1. The number of nitrogens with zero attached hydrogens (tertiary/aromatic N) is 3. The van der Waals surface area contributed by atoms with Gasteiger partial charge in [0, 0.05) is 76.7 Å². The van der Waals surface area contributed by atoms with E-state index in [0.29, 0.717) is 54.9 Å². The fourth-order valence-electron chi connectivity index (χ4n) is 13.9. The van der Waals surface area contributed by atoms with Gasteiger partial charge in [0.15, 0.2) is 0 Å². The zero-order valence-electron chi connectivity index (χ0n) is 51.1. The van der Waals surface area contributed by atoms with Gasteiger partial charge in [0.25, 0.3) is 11.8 Å². The summed E-state index contributed by atoms with van der Waals surface area (Å²) < 4.78 is 57.3. The highest BCUT2D eigenvalue weighted by atomic mass is 35.5. The second kappa shape index (κ2) is 29.9. The number of carbonyl (C=O) groups is 3. The Morgan fingerprint density at radius 2 is 1.20 bits per heavy atom. The van der Waals surface area contributed by atoms with Crippen molar-refractivity contribution in [1.29, 1.82) is 0 Å². The van der Waals surface area contributed by atoms with Gasteiger partial charge in [0.2, 0.25) is 0 Å². The first-order chi connectivity index (χ1) is 41.6. The minimum absolute atomic E-state index is 0.000793. The number of fused-ring (bicyclic) bond motifs is 6. The van der Waals surface area contributed by atoms with Gasteiger partial charge in [-0.3, -0.25) is 9.59 Å². The molecule has 6 aliphatic rings. The first-order valence-electron chi connectivity index (χ1n) is 30.6. The van der Waals surface area contributed by atoms with Crippen LogP contribution >= 0.6 is 23.2 Å². The fraction of sp³-hybridized carbons (Fsp3) is 0.493. The SMILES string of the molecule is C=CC[C@H](C)CS(N)(=O)=NC(=O)c1ccc2c(c1)CC[C@@]1(CCCc3cc(Cl)ccc31)CO2.C=CC[C@H](C)CS(N)(=O)=NC(=O)c1ccc2c(c1)N(C[C@@H]1CC[C@H]1[C@H](C=C)OC)C[C@@]1(CCCc3cc(Cl)ccc31)CO2.C=C[C@H](OC)[C@@H]1CC[C@H]1C=O. The highest BCUT2D eigenvalue weighted by Crippen LogP contribution is 2.48. The summed E-state index contributed by atoms with van der Waals surface area (Å²) in [5, 5.41) is 13.4. The van der Waals surface area contributed by atoms with Crippen LogP contribution in [0, 0.1) is 35.5 Å². The first kappa shape index (κ1) is 67.5. The van der Waals surface area contributed by atoms with Gasteiger partial charge < -0.3 is 28.6 Å². The van der Waals surface area contributed by atoms with Crippen molar-refractivity contribution >= 4 is 66.8 Å². The van der Waals surface area contributed by atoms with Crippen molar-refractivity contribution in [2.75, 3.05) is 56.9 Å². The summed E-state index contributed by atoms with van der Waals surface area (Å²) in [5.41, 5.74) is 7.47. The van der Waals surface area contributed by atoms with E-state index in [9.17, 15) is 22.8 Å². The van der Waals surface area contributed by atoms with Gasteiger partial charge in [-0.2, -0.15) is 0 Å². The molecule has 4 aromatic carbocycles. The number of hydrogen-bond donors (Lipinski definition) is 2. The molecular formula is C69H89Cl2N5O9S2. The predicted octanol–water partition coefficient (Wildman–Crippen LogP) is 13.8. The number of hydrogen-bond acceptors (Lipinski definition) is 10. The van der Waals surface area contributed by atoms with Crippen LogP contribution in [0.15, 0.2) is 132 Å². The maximum atomic E-state index is 13.3. The second-order valence-corrected chi connectivity index (χ2v) is 29.7. The second-order valence-electron chi connectivity index (χ2n) is 25.0. The summed E-state index contributed by atoms with van der Waals surface area (Å²) in [5.74, 6) is 2.10. The Morgan fingerprint density at radius 3 is 1.71 bits per heavy atom. The van der Waals surface area contributed by atoms with Crippen molar-refractivity contribution in [2.24, 2.45) is 54.5 Å². The average molecular weight is 1270 g/mol. The number of ether oxygens (including phenoxy) is 4. The van der Waals surface area contributed by atoms with Gasteiger partial charge >= 0.3 is 0 Å². The van der Waals surface area contributed by atoms with Crippen LogP contribution in [0.1, 0.15) is 133 Å². The van der Waals surface area contributed by atoms with Gasteiger partial charge in [0.05, 0.1) is 31.1 Å². The van der Waals surface area contributed by atoms with Gasteiger partial charge in [-0.15, -0.1) is 35.0 Å². The minimum Gasteiger partial charge on any atom is -0.492 e. The summed E-state index contributed by atoms with van der Waals surface area (Å²) in [6.45, 7) is 21.6. The number of aryl methyl sites for hydroxylation is 3. The molecule has 4 aliphatic carbocycles. The molecule has 0 aromatic heterocycles. The number of halogens is 2. The molecule has 0 bridgehead atoms. The van der Waals surface area contributed by atoms with Crippen LogP contribution in [0.5, 0.6) is 11.5 Å². The van der Waals surface area contributed by atoms with Crippen LogP contribution in [0.25, 0.3) is 0 Å². The molecule has 18 heteroatoms. The number of carbonyl (C=O) groups excluding carboxylic acids is 3. The summed E-state index contributed by atoms with van der Waals surface area (Å²) >= 11 is 12.6. The zero-order chi connectivity index (χ0) is 62.7. The third-order valence-electron chi connectivity index (χ3n) is 18.7. The number of aldehydes is 1. The number of amides is 2. The Bertz CT molecular complexity index is 3450. The van der Waals surface area contributed by atoms with E-state index in [1.807, 2.05) is 56.3 Å². The van der Waals surface area contributed by atoms with Crippen LogP contribution in [0.2, 0.25) is 10.0 Å². The zero-order valence-corrected chi connectivity index (χ0v) is 54.3. The lowest BCUT2D eigenvalue weighted by atomic mass is 9.68. The van der Waals surface area contributed by atoms with Gasteiger partial charge in [-0.05, 0) is 208 Å². The predicted molar refractivity (Wildman–Crippen MR) is 353 cm³/mol. The van der Waals surface area contributed by atoms with Crippen molar-refractivity contribution in [3.8, 4) is 11.5 Å². The lowest BCUT2D eigenvalue weighted by Gasteiger charge is -2.46. The van der Waals surface area contributed by atoms with Crippen LogP contribution < -0.4 is 24.7 Å². The number of methoxy groups -OCH3 is 2. The maximum Gasteiger partial charge on any atom is 0.286 e. The van der Waals surface area contributed by atoms with Gasteiger partial charge in [0.1, 0.15) is 37.6 Å². The van der Waals surface area contributed by atoms with Crippen molar-refractivity contribution < 1.29 is 41.7 Å². The Kier molecular flexibility index (Phi) is 23.2. The third kappa shape index (κ3) is 16.5. The fourth-order valence-corrected chi connectivity index (χ4v) is 17.2. The normalized spacial score (nSPS) is 25.1. The summed E-state index contributed by atoms with van der Waals surface area (Å²) in [7, 11) is -2.89. The molecule has 2 fully saturated rings. The van der Waals surface area contributed by atoms with Crippen molar-refractivity contribution in [3.63, 3.8) is 0 Å². The molecule has 0 saturated heterocycles. The smallest absolute Gasteiger partial charge is 0.286 e. The number of allylic oxidation sites excluding steroid dienone is 2. The Hall–Kier alpha value is -5.43.